The highest BCUT2D eigenvalue weighted by atomic mass is 35.5. The van der Waals surface area contributed by atoms with Crippen molar-refractivity contribution in [3.05, 3.63) is 60.0 Å². The summed E-state index contributed by atoms with van der Waals surface area (Å²) in [5.41, 5.74) is 0. The molecule has 0 atom stereocenters. The molecular weight excluding hydrogens is 310 g/mol. The van der Waals surface area contributed by atoms with Crippen LogP contribution >= 0.6 is 11.6 Å². The Balaban J connectivity index is 2.11. The van der Waals surface area contributed by atoms with Crippen LogP contribution in [0.3, 0.4) is 0 Å². The maximum absolute atomic E-state index is 12.5. The van der Waals surface area contributed by atoms with Gasteiger partial charge < -0.3 is 0 Å². The number of aromatic nitrogens is 2. The van der Waals surface area contributed by atoms with Crippen LogP contribution in [-0.4, -0.2) is 18.4 Å². The van der Waals surface area contributed by atoms with Gasteiger partial charge in [0.15, 0.2) is 11.0 Å². The van der Waals surface area contributed by atoms with Gasteiger partial charge >= 0.3 is 0 Å². The van der Waals surface area contributed by atoms with Crippen molar-refractivity contribution >= 4 is 38.2 Å². The van der Waals surface area contributed by atoms with E-state index in [2.05, 4.69) is 14.7 Å². The van der Waals surface area contributed by atoms with Crippen molar-refractivity contribution in [2.24, 2.45) is 0 Å². The fourth-order valence-corrected chi connectivity index (χ4v) is 3.46. The molecule has 0 fully saturated rings. The van der Waals surface area contributed by atoms with E-state index in [1.54, 1.807) is 18.2 Å². The number of halogens is 1. The number of nitrogens with one attached hydrogen (secondary N) is 1. The van der Waals surface area contributed by atoms with Gasteiger partial charge in [0.25, 0.3) is 10.0 Å². The predicted molar refractivity (Wildman–Crippen MR) is 81.8 cm³/mol. The zero-order valence-electron chi connectivity index (χ0n) is 10.7. The summed E-state index contributed by atoms with van der Waals surface area (Å²) in [5.74, 6) is 0.00657. The highest BCUT2D eigenvalue weighted by Gasteiger charge is 2.19. The minimum atomic E-state index is -3.80. The van der Waals surface area contributed by atoms with Crippen LogP contribution in [-0.2, 0) is 10.0 Å². The van der Waals surface area contributed by atoms with Gasteiger partial charge in [0, 0.05) is 17.8 Å². The number of benzene rings is 2. The van der Waals surface area contributed by atoms with Crippen LogP contribution in [0.1, 0.15) is 0 Å². The second-order valence-corrected chi connectivity index (χ2v) is 6.29. The van der Waals surface area contributed by atoms with Gasteiger partial charge in [-0.05, 0) is 11.5 Å². The highest BCUT2D eigenvalue weighted by molar-refractivity contribution is 7.93. The second-order valence-electron chi connectivity index (χ2n) is 4.28. The topological polar surface area (TPSA) is 72.0 Å². The SMILES string of the molecule is O=S(=O)(Nc1nccnc1Cl)c1cccc2ccccc12. The van der Waals surface area contributed by atoms with Crippen molar-refractivity contribution in [2.45, 2.75) is 4.90 Å². The Kier molecular flexibility index (Phi) is 3.48. The number of fused-ring (bicyclic) bond motifs is 1. The van der Waals surface area contributed by atoms with E-state index < -0.39 is 10.0 Å². The van der Waals surface area contributed by atoms with Gasteiger partial charge in [-0.3, -0.25) is 4.72 Å². The molecule has 106 valence electrons. The Morgan fingerprint density at radius 3 is 2.48 bits per heavy atom. The molecule has 7 heteroatoms. The molecule has 3 rings (SSSR count). The van der Waals surface area contributed by atoms with Crippen LogP contribution in [0.4, 0.5) is 5.82 Å². The van der Waals surface area contributed by atoms with Crippen LogP contribution in [0.15, 0.2) is 59.8 Å². The third kappa shape index (κ3) is 2.68. The number of hydrogen-bond acceptors (Lipinski definition) is 4. The number of nitrogens with zero attached hydrogens (tertiary/aromatic N) is 2. The average Bonchev–Trinajstić information content (AvgIpc) is 2.49. The van der Waals surface area contributed by atoms with Crippen molar-refractivity contribution < 1.29 is 8.42 Å². The molecule has 1 heterocycles. The monoisotopic (exact) mass is 319 g/mol. The average molecular weight is 320 g/mol. The summed E-state index contributed by atoms with van der Waals surface area (Å²) in [6, 6.07) is 12.3. The van der Waals surface area contributed by atoms with Crippen molar-refractivity contribution in [2.75, 3.05) is 4.72 Å². The maximum atomic E-state index is 12.5. The molecule has 0 unspecified atom stereocenters. The first-order valence-electron chi connectivity index (χ1n) is 6.05. The molecule has 2 aromatic carbocycles. The van der Waals surface area contributed by atoms with E-state index >= 15 is 0 Å². The lowest BCUT2D eigenvalue weighted by atomic mass is 10.1. The van der Waals surface area contributed by atoms with Gasteiger partial charge in [-0.25, -0.2) is 18.4 Å². The summed E-state index contributed by atoms with van der Waals surface area (Å²) in [7, 11) is -3.80. The van der Waals surface area contributed by atoms with Crippen molar-refractivity contribution in [1.29, 1.82) is 0 Å². The summed E-state index contributed by atoms with van der Waals surface area (Å²) in [4.78, 5) is 7.85. The lowest BCUT2D eigenvalue weighted by Crippen LogP contribution is -2.15. The summed E-state index contributed by atoms with van der Waals surface area (Å²) in [6.07, 6.45) is 2.75. The van der Waals surface area contributed by atoms with Crippen LogP contribution < -0.4 is 4.72 Å². The summed E-state index contributed by atoms with van der Waals surface area (Å²) in [5, 5.41) is 1.47. The van der Waals surface area contributed by atoms with E-state index in [1.165, 1.54) is 18.5 Å². The summed E-state index contributed by atoms with van der Waals surface area (Å²) in [6.45, 7) is 0. The molecular formula is C14H10ClN3O2S. The molecule has 0 amide bonds. The lowest BCUT2D eigenvalue weighted by Gasteiger charge is -2.10. The third-order valence-corrected chi connectivity index (χ3v) is 4.60. The van der Waals surface area contributed by atoms with Gasteiger partial charge in [-0.2, -0.15) is 0 Å². The molecule has 0 saturated heterocycles. The fraction of sp³-hybridized carbons (Fsp3) is 0. The Bertz CT molecular complexity index is 907. The minimum absolute atomic E-state index is 0.00121. The van der Waals surface area contributed by atoms with E-state index in [0.717, 1.165) is 5.39 Å². The molecule has 0 radical (unpaired) electrons. The molecule has 21 heavy (non-hydrogen) atoms. The first kappa shape index (κ1) is 13.8. The molecule has 3 aromatic rings. The third-order valence-electron chi connectivity index (χ3n) is 2.92. The first-order chi connectivity index (χ1) is 10.1. The molecule has 0 saturated carbocycles. The molecule has 0 aliphatic carbocycles. The zero-order valence-corrected chi connectivity index (χ0v) is 12.3. The van der Waals surface area contributed by atoms with Gasteiger partial charge in [0.2, 0.25) is 0 Å². The quantitative estimate of drug-likeness (QED) is 0.805. The minimum Gasteiger partial charge on any atom is -0.261 e. The number of anilines is 1. The van der Waals surface area contributed by atoms with Gasteiger partial charge in [0.1, 0.15) is 0 Å². The van der Waals surface area contributed by atoms with E-state index in [0.29, 0.717) is 5.39 Å². The normalized spacial score (nSPS) is 11.5. The Morgan fingerprint density at radius 2 is 1.67 bits per heavy atom. The van der Waals surface area contributed by atoms with Crippen LogP contribution in [0.5, 0.6) is 0 Å². The molecule has 1 N–H and O–H groups in total. The van der Waals surface area contributed by atoms with Crippen LogP contribution in [0, 0.1) is 0 Å². The standard InChI is InChI=1S/C14H10ClN3O2S/c15-13-14(17-9-8-16-13)18-21(19,20)12-7-3-5-10-4-1-2-6-11(10)12/h1-9H,(H,17,18). The molecule has 0 aliphatic rings. The van der Waals surface area contributed by atoms with Gasteiger partial charge in [0.05, 0.1) is 4.90 Å². The number of rotatable bonds is 3. The largest absolute Gasteiger partial charge is 0.263 e. The molecule has 0 aliphatic heterocycles. The van der Waals surface area contributed by atoms with Crippen LogP contribution in [0.2, 0.25) is 5.15 Å². The first-order valence-corrected chi connectivity index (χ1v) is 7.91. The molecule has 1 aromatic heterocycles. The second kappa shape index (κ2) is 5.31. The summed E-state index contributed by atoms with van der Waals surface area (Å²) < 4.78 is 27.4. The van der Waals surface area contributed by atoms with Crippen molar-refractivity contribution in [3.63, 3.8) is 0 Å². The number of hydrogen-bond donors (Lipinski definition) is 1. The molecule has 0 bridgehead atoms. The van der Waals surface area contributed by atoms with Gasteiger partial charge in [-0.15, -0.1) is 0 Å². The Labute approximate surface area is 126 Å². The van der Waals surface area contributed by atoms with Crippen molar-refractivity contribution in [3.8, 4) is 0 Å². The molecule has 0 spiro atoms. The number of sulfonamides is 1. The van der Waals surface area contributed by atoms with Gasteiger partial charge in [-0.1, -0.05) is 48.0 Å². The Hall–Kier alpha value is -2.18. The maximum Gasteiger partial charge on any atom is 0.263 e. The highest BCUT2D eigenvalue weighted by Crippen LogP contribution is 2.25. The van der Waals surface area contributed by atoms with Crippen molar-refractivity contribution in [1.82, 2.24) is 9.97 Å². The van der Waals surface area contributed by atoms with E-state index in [-0.39, 0.29) is 15.9 Å². The van der Waals surface area contributed by atoms with E-state index in [9.17, 15) is 8.42 Å². The lowest BCUT2D eigenvalue weighted by molar-refractivity contribution is 0.602. The smallest absolute Gasteiger partial charge is 0.261 e. The summed E-state index contributed by atoms with van der Waals surface area (Å²) >= 11 is 5.84. The predicted octanol–water partition coefficient (Wildman–Crippen LogP) is 3.08. The Morgan fingerprint density at radius 1 is 0.952 bits per heavy atom. The fourth-order valence-electron chi connectivity index (χ4n) is 2.00. The van der Waals surface area contributed by atoms with E-state index in [1.807, 2.05) is 18.2 Å². The van der Waals surface area contributed by atoms with Crippen LogP contribution in [0.25, 0.3) is 10.8 Å². The molecule has 5 nitrogen and oxygen atoms in total. The zero-order chi connectivity index (χ0) is 14.9. The van der Waals surface area contributed by atoms with E-state index in [4.69, 9.17) is 11.6 Å².